The van der Waals surface area contributed by atoms with Crippen LogP contribution in [-0.2, 0) is 24.4 Å². The van der Waals surface area contributed by atoms with Gasteiger partial charge >= 0.3 is 0 Å². The predicted molar refractivity (Wildman–Crippen MR) is 95.5 cm³/mol. The minimum Gasteiger partial charge on any atom is -0.340 e. The van der Waals surface area contributed by atoms with E-state index >= 15 is 0 Å². The fourth-order valence-electron chi connectivity index (χ4n) is 2.68. The van der Waals surface area contributed by atoms with E-state index in [1.807, 2.05) is 17.7 Å². The second-order valence-electron chi connectivity index (χ2n) is 6.09. The molecule has 27 heavy (non-hydrogen) atoms. The van der Waals surface area contributed by atoms with Crippen molar-refractivity contribution < 1.29 is 9.32 Å². The fourth-order valence-corrected chi connectivity index (χ4v) is 2.68. The summed E-state index contributed by atoms with van der Waals surface area (Å²) in [4.78, 5) is 34.7. The van der Waals surface area contributed by atoms with Crippen LogP contribution in [0.2, 0.25) is 0 Å². The molecule has 3 aromatic heterocycles. The largest absolute Gasteiger partial charge is 0.340 e. The molecule has 0 fully saturated rings. The van der Waals surface area contributed by atoms with Gasteiger partial charge in [0.05, 0.1) is 18.6 Å². The normalized spacial score (nSPS) is 10.9. The highest BCUT2D eigenvalue weighted by Gasteiger charge is 2.15. The summed E-state index contributed by atoms with van der Waals surface area (Å²) >= 11 is 0. The van der Waals surface area contributed by atoms with E-state index in [1.54, 1.807) is 25.1 Å². The Hall–Kier alpha value is -3.30. The van der Waals surface area contributed by atoms with Crippen molar-refractivity contribution in [3.63, 3.8) is 0 Å². The average molecular weight is 371 g/mol. The summed E-state index contributed by atoms with van der Waals surface area (Å²) in [6.45, 7) is 5.08. The van der Waals surface area contributed by atoms with E-state index in [9.17, 15) is 9.59 Å². The number of aromatic nitrogens is 6. The summed E-state index contributed by atoms with van der Waals surface area (Å²) in [6.07, 6.45) is 4.66. The fraction of sp³-hybridized carbons (Fsp3) is 0.412. The molecule has 0 aliphatic carbocycles. The van der Waals surface area contributed by atoms with Crippen molar-refractivity contribution in [2.45, 2.75) is 39.9 Å². The third-order valence-electron chi connectivity index (χ3n) is 4.15. The first-order valence-electron chi connectivity index (χ1n) is 8.59. The van der Waals surface area contributed by atoms with E-state index in [1.165, 1.54) is 17.1 Å². The van der Waals surface area contributed by atoms with Crippen molar-refractivity contribution in [2.24, 2.45) is 0 Å². The summed E-state index contributed by atoms with van der Waals surface area (Å²) < 4.78 is 8.25. The molecule has 0 aromatic carbocycles. The lowest BCUT2D eigenvalue weighted by Crippen LogP contribution is -2.30. The Labute approximate surface area is 155 Å². The molecular formula is C17H21N7O3. The molecule has 0 aliphatic heterocycles. The molecule has 0 atom stereocenters. The Morgan fingerprint density at radius 1 is 1.37 bits per heavy atom. The summed E-state index contributed by atoms with van der Waals surface area (Å²) in [5.41, 5.74) is 0.847. The Balaban J connectivity index is 1.66. The third kappa shape index (κ3) is 4.10. The standard InChI is InChI=1S/C17H21N7O3/c1-4-24-13(5-7-19-24)10-22(3)15(25)6-8-23-11-18-9-14(17(23)26)16-20-12(2)21-27-16/h5,7,9,11H,4,6,8,10H2,1-3H3. The molecule has 0 unspecified atom stereocenters. The molecule has 1 amide bonds. The van der Waals surface area contributed by atoms with Gasteiger partial charge in [0.1, 0.15) is 5.56 Å². The maximum Gasteiger partial charge on any atom is 0.266 e. The van der Waals surface area contributed by atoms with Crippen LogP contribution in [0.1, 0.15) is 24.9 Å². The van der Waals surface area contributed by atoms with Crippen molar-refractivity contribution in [1.29, 1.82) is 0 Å². The minimum absolute atomic E-state index is 0.0789. The van der Waals surface area contributed by atoms with E-state index < -0.39 is 0 Å². The zero-order valence-electron chi connectivity index (χ0n) is 15.5. The van der Waals surface area contributed by atoms with E-state index in [0.717, 1.165) is 12.2 Å². The van der Waals surface area contributed by atoms with Gasteiger partial charge in [0, 0.05) is 39.0 Å². The molecule has 0 saturated heterocycles. The molecular weight excluding hydrogens is 350 g/mol. The first-order chi connectivity index (χ1) is 13.0. The number of aryl methyl sites for hydroxylation is 3. The Kier molecular flexibility index (Phi) is 5.43. The van der Waals surface area contributed by atoms with Gasteiger partial charge < -0.3 is 9.42 Å². The number of carbonyl (C=O) groups excluding carboxylic acids is 1. The van der Waals surface area contributed by atoms with Gasteiger partial charge in [-0.05, 0) is 19.9 Å². The molecule has 3 rings (SSSR count). The van der Waals surface area contributed by atoms with Gasteiger partial charge in [0.25, 0.3) is 11.4 Å². The maximum atomic E-state index is 12.6. The molecule has 10 nitrogen and oxygen atoms in total. The highest BCUT2D eigenvalue weighted by Crippen LogP contribution is 2.11. The average Bonchev–Trinajstić information content (AvgIpc) is 3.29. The van der Waals surface area contributed by atoms with Crippen LogP contribution in [0.3, 0.4) is 0 Å². The summed E-state index contributed by atoms with van der Waals surface area (Å²) in [5.74, 6) is 0.475. The van der Waals surface area contributed by atoms with E-state index in [0.29, 0.717) is 12.4 Å². The van der Waals surface area contributed by atoms with Crippen LogP contribution in [0.15, 0.2) is 34.1 Å². The lowest BCUT2D eigenvalue weighted by molar-refractivity contribution is -0.130. The summed E-state index contributed by atoms with van der Waals surface area (Å²) in [7, 11) is 1.73. The van der Waals surface area contributed by atoms with Gasteiger partial charge in [-0.2, -0.15) is 10.1 Å². The van der Waals surface area contributed by atoms with Gasteiger partial charge in [-0.3, -0.25) is 18.8 Å². The number of carbonyl (C=O) groups is 1. The van der Waals surface area contributed by atoms with Gasteiger partial charge in [0.15, 0.2) is 5.82 Å². The van der Waals surface area contributed by atoms with E-state index in [-0.39, 0.29) is 35.9 Å². The number of hydrogen-bond acceptors (Lipinski definition) is 7. The van der Waals surface area contributed by atoms with Crippen molar-refractivity contribution >= 4 is 5.91 Å². The van der Waals surface area contributed by atoms with Crippen molar-refractivity contribution in [3.05, 3.63) is 46.7 Å². The first kappa shape index (κ1) is 18.5. The zero-order chi connectivity index (χ0) is 19.4. The van der Waals surface area contributed by atoms with Crippen LogP contribution in [-0.4, -0.2) is 47.3 Å². The topological polar surface area (TPSA) is 112 Å². The monoisotopic (exact) mass is 371 g/mol. The Morgan fingerprint density at radius 3 is 2.89 bits per heavy atom. The first-order valence-corrected chi connectivity index (χ1v) is 8.59. The second kappa shape index (κ2) is 7.94. The Bertz CT molecular complexity index is 988. The molecule has 0 saturated carbocycles. The van der Waals surface area contributed by atoms with E-state index in [4.69, 9.17) is 4.52 Å². The predicted octanol–water partition coefficient (Wildman–Crippen LogP) is 0.867. The summed E-state index contributed by atoms with van der Waals surface area (Å²) in [5, 5.41) is 7.88. The van der Waals surface area contributed by atoms with Crippen LogP contribution < -0.4 is 5.56 Å². The van der Waals surface area contributed by atoms with Crippen molar-refractivity contribution in [2.75, 3.05) is 7.05 Å². The lowest BCUT2D eigenvalue weighted by atomic mass is 10.3. The molecule has 3 aromatic rings. The smallest absolute Gasteiger partial charge is 0.266 e. The number of rotatable bonds is 7. The third-order valence-corrected chi connectivity index (χ3v) is 4.15. The highest BCUT2D eigenvalue weighted by molar-refractivity contribution is 5.75. The van der Waals surface area contributed by atoms with Crippen molar-refractivity contribution in [1.82, 2.24) is 34.4 Å². The van der Waals surface area contributed by atoms with Gasteiger partial charge in [-0.15, -0.1) is 0 Å². The molecule has 0 aliphatic rings. The molecule has 0 spiro atoms. The van der Waals surface area contributed by atoms with Crippen LogP contribution >= 0.6 is 0 Å². The summed E-state index contributed by atoms with van der Waals surface area (Å²) in [6, 6.07) is 1.89. The Morgan fingerprint density at radius 2 is 2.19 bits per heavy atom. The number of hydrogen-bond donors (Lipinski definition) is 0. The quantitative estimate of drug-likeness (QED) is 0.605. The highest BCUT2D eigenvalue weighted by atomic mass is 16.5. The molecule has 0 bridgehead atoms. The van der Waals surface area contributed by atoms with Gasteiger partial charge in [-0.25, -0.2) is 4.98 Å². The zero-order valence-corrected chi connectivity index (χ0v) is 15.5. The maximum absolute atomic E-state index is 12.6. The van der Waals surface area contributed by atoms with Gasteiger partial charge in [-0.1, -0.05) is 5.16 Å². The van der Waals surface area contributed by atoms with Crippen LogP contribution in [0, 0.1) is 6.92 Å². The molecule has 0 N–H and O–H groups in total. The van der Waals surface area contributed by atoms with Crippen molar-refractivity contribution in [3.8, 4) is 11.5 Å². The second-order valence-corrected chi connectivity index (χ2v) is 6.09. The number of nitrogens with zero attached hydrogens (tertiary/aromatic N) is 7. The molecule has 3 heterocycles. The SMILES string of the molecule is CCn1nccc1CN(C)C(=O)CCn1cncc(-c2nc(C)no2)c1=O. The van der Waals surface area contributed by atoms with Crippen LogP contribution in [0.4, 0.5) is 0 Å². The van der Waals surface area contributed by atoms with E-state index in [2.05, 4.69) is 20.2 Å². The van der Waals surface area contributed by atoms with Crippen LogP contribution in [0.5, 0.6) is 0 Å². The molecule has 10 heteroatoms. The molecule has 0 radical (unpaired) electrons. The van der Waals surface area contributed by atoms with Gasteiger partial charge in [0.2, 0.25) is 5.91 Å². The molecule has 142 valence electrons. The minimum atomic E-state index is -0.326. The lowest BCUT2D eigenvalue weighted by Gasteiger charge is -2.18. The number of amides is 1. The van der Waals surface area contributed by atoms with Crippen LogP contribution in [0.25, 0.3) is 11.5 Å².